The minimum Gasteiger partial charge on any atom is -0.394 e. The smallest absolute Gasteiger partial charge is 0.186 e. The zero-order valence-electron chi connectivity index (χ0n) is 15.3. The zero-order valence-corrected chi connectivity index (χ0v) is 15.3. The van der Waals surface area contributed by atoms with Crippen molar-refractivity contribution in [1.82, 2.24) is 0 Å². The molecule has 0 aromatic carbocycles. The summed E-state index contributed by atoms with van der Waals surface area (Å²) < 4.78 is 10.6. The van der Waals surface area contributed by atoms with Gasteiger partial charge in [0.25, 0.3) is 0 Å². The number of unbranched alkanes of at least 4 members (excludes halogenated alkanes) is 7. The molecule has 0 radical (unpaired) electrons. The highest BCUT2D eigenvalue weighted by Crippen LogP contribution is 2.22. The maximum absolute atomic E-state index is 9.96. The number of aliphatic hydroxyl groups excluding tert-OH is 5. The van der Waals surface area contributed by atoms with Crippen molar-refractivity contribution in [1.29, 1.82) is 0 Å². The molecule has 1 saturated heterocycles. The molecule has 0 aliphatic carbocycles. The van der Waals surface area contributed by atoms with Gasteiger partial charge in [0.2, 0.25) is 0 Å². The summed E-state index contributed by atoms with van der Waals surface area (Å²) in [5.41, 5.74) is 0. The molecule has 1 heterocycles. The van der Waals surface area contributed by atoms with Crippen molar-refractivity contribution in [2.45, 2.75) is 102 Å². The van der Waals surface area contributed by atoms with Gasteiger partial charge >= 0.3 is 0 Å². The van der Waals surface area contributed by atoms with Crippen LogP contribution in [0.3, 0.4) is 0 Å². The van der Waals surface area contributed by atoms with Crippen LogP contribution in [0.4, 0.5) is 0 Å². The summed E-state index contributed by atoms with van der Waals surface area (Å²) in [6.45, 7) is 1.68. The van der Waals surface area contributed by atoms with Crippen molar-refractivity contribution in [3.8, 4) is 0 Å². The molecule has 6 atom stereocenters. The van der Waals surface area contributed by atoms with Crippen molar-refractivity contribution in [3.05, 3.63) is 0 Å². The van der Waals surface area contributed by atoms with E-state index >= 15 is 0 Å². The standard InChI is InChI=1S/C18H36O7/c1-2-3-4-5-6-7-8-9-10-13(20)12-24-18-17(23)16(22)15(21)14(11-19)25-18/h13-23H,2-12H2,1H3/t13?,14-,15-,16+,17-,18-/m1/s1. The normalized spacial score (nSPS) is 31.2. The van der Waals surface area contributed by atoms with E-state index in [1.807, 2.05) is 0 Å². The summed E-state index contributed by atoms with van der Waals surface area (Å²) in [4.78, 5) is 0. The van der Waals surface area contributed by atoms with Gasteiger partial charge < -0.3 is 35.0 Å². The highest BCUT2D eigenvalue weighted by Gasteiger charge is 2.44. The van der Waals surface area contributed by atoms with Crippen LogP contribution in [0.5, 0.6) is 0 Å². The summed E-state index contributed by atoms with van der Waals surface area (Å²) >= 11 is 0. The molecule has 0 saturated carbocycles. The molecule has 1 unspecified atom stereocenters. The molecule has 0 aromatic rings. The first-order chi connectivity index (χ1) is 12.0. The molecular formula is C18H36O7. The summed E-state index contributed by atoms with van der Waals surface area (Å²) in [5, 5.41) is 48.3. The average Bonchev–Trinajstić information content (AvgIpc) is 2.61. The van der Waals surface area contributed by atoms with E-state index < -0.39 is 43.4 Å². The third-order valence-corrected chi connectivity index (χ3v) is 4.69. The minimum atomic E-state index is -1.46. The monoisotopic (exact) mass is 364 g/mol. The highest BCUT2D eigenvalue weighted by molar-refractivity contribution is 4.88. The van der Waals surface area contributed by atoms with E-state index in [-0.39, 0.29) is 6.61 Å². The van der Waals surface area contributed by atoms with E-state index in [9.17, 15) is 20.4 Å². The Balaban J connectivity index is 2.13. The third kappa shape index (κ3) is 8.30. The fourth-order valence-corrected chi connectivity index (χ4v) is 3.01. The Bertz CT molecular complexity index is 327. The molecule has 1 fully saturated rings. The van der Waals surface area contributed by atoms with Gasteiger partial charge in [0, 0.05) is 0 Å². The van der Waals surface area contributed by atoms with Crippen LogP contribution in [-0.4, -0.2) is 75.6 Å². The van der Waals surface area contributed by atoms with Gasteiger partial charge in [0.1, 0.15) is 24.4 Å². The van der Waals surface area contributed by atoms with Crippen molar-refractivity contribution < 1.29 is 35.0 Å². The largest absolute Gasteiger partial charge is 0.394 e. The second-order valence-electron chi connectivity index (χ2n) is 6.95. The Kier molecular flexibility index (Phi) is 11.8. The number of hydrogen-bond donors (Lipinski definition) is 5. The Labute approximate surface area is 150 Å². The number of hydrogen-bond acceptors (Lipinski definition) is 7. The second-order valence-corrected chi connectivity index (χ2v) is 6.95. The molecule has 7 nitrogen and oxygen atoms in total. The van der Waals surface area contributed by atoms with Crippen LogP contribution < -0.4 is 0 Å². The van der Waals surface area contributed by atoms with Crippen molar-refractivity contribution in [2.75, 3.05) is 13.2 Å². The molecular weight excluding hydrogens is 328 g/mol. The first-order valence-electron chi connectivity index (χ1n) is 9.61. The Morgan fingerprint density at radius 1 is 0.880 bits per heavy atom. The maximum Gasteiger partial charge on any atom is 0.186 e. The van der Waals surface area contributed by atoms with E-state index in [1.165, 1.54) is 38.5 Å². The summed E-state index contributed by atoms with van der Waals surface area (Å²) in [6.07, 6.45) is 2.99. The van der Waals surface area contributed by atoms with E-state index in [0.29, 0.717) is 6.42 Å². The average molecular weight is 364 g/mol. The number of aliphatic hydroxyl groups is 5. The molecule has 7 heteroatoms. The molecule has 5 N–H and O–H groups in total. The Morgan fingerprint density at radius 3 is 2.08 bits per heavy atom. The van der Waals surface area contributed by atoms with Gasteiger partial charge in [0.15, 0.2) is 6.29 Å². The van der Waals surface area contributed by atoms with E-state index in [2.05, 4.69) is 6.92 Å². The topological polar surface area (TPSA) is 120 Å². The van der Waals surface area contributed by atoms with Gasteiger partial charge in [-0.2, -0.15) is 0 Å². The molecule has 150 valence electrons. The van der Waals surface area contributed by atoms with Crippen LogP contribution >= 0.6 is 0 Å². The second kappa shape index (κ2) is 13.0. The molecule has 0 spiro atoms. The van der Waals surface area contributed by atoms with Crippen LogP contribution in [0.1, 0.15) is 64.7 Å². The lowest BCUT2D eigenvalue weighted by atomic mass is 9.99. The van der Waals surface area contributed by atoms with Crippen LogP contribution in [0.25, 0.3) is 0 Å². The number of ether oxygens (including phenoxy) is 2. The molecule has 1 aliphatic rings. The molecule has 1 rings (SSSR count). The summed E-state index contributed by atoms with van der Waals surface area (Å²) in [7, 11) is 0. The van der Waals surface area contributed by atoms with Crippen LogP contribution in [0.15, 0.2) is 0 Å². The lowest BCUT2D eigenvalue weighted by Gasteiger charge is -2.39. The third-order valence-electron chi connectivity index (χ3n) is 4.69. The lowest BCUT2D eigenvalue weighted by Crippen LogP contribution is -2.59. The van der Waals surface area contributed by atoms with Crippen LogP contribution in [0, 0.1) is 0 Å². The molecule has 0 aromatic heterocycles. The predicted molar refractivity (Wildman–Crippen MR) is 93.0 cm³/mol. The van der Waals surface area contributed by atoms with Gasteiger partial charge in [-0.25, -0.2) is 0 Å². The zero-order chi connectivity index (χ0) is 18.7. The van der Waals surface area contributed by atoms with Crippen molar-refractivity contribution >= 4 is 0 Å². The summed E-state index contributed by atoms with van der Waals surface area (Å²) in [6, 6.07) is 0. The first-order valence-corrected chi connectivity index (χ1v) is 9.61. The van der Waals surface area contributed by atoms with Gasteiger partial charge in [-0.1, -0.05) is 58.3 Å². The molecule has 25 heavy (non-hydrogen) atoms. The first kappa shape index (κ1) is 22.8. The molecule has 0 bridgehead atoms. The predicted octanol–water partition coefficient (Wildman–Crippen LogP) is 0.695. The SMILES string of the molecule is CCCCCCCCCCC(O)CO[C@@H]1O[C@H](CO)[C@@H](O)[C@H](O)[C@H]1O. The Hall–Kier alpha value is -0.280. The fraction of sp³-hybridized carbons (Fsp3) is 1.00. The fourth-order valence-electron chi connectivity index (χ4n) is 3.01. The Morgan fingerprint density at radius 2 is 1.48 bits per heavy atom. The minimum absolute atomic E-state index is 0.0286. The number of rotatable bonds is 13. The van der Waals surface area contributed by atoms with Crippen LogP contribution in [0.2, 0.25) is 0 Å². The van der Waals surface area contributed by atoms with Crippen molar-refractivity contribution in [3.63, 3.8) is 0 Å². The van der Waals surface area contributed by atoms with E-state index in [1.54, 1.807) is 0 Å². The van der Waals surface area contributed by atoms with Crippen LogP contribution in [-0.2, 0) is 9.47 Å². The van der Waals surface area contributed by atoms with Crippen molar-refractivity contribution in [2.24, 2.45) is 0 Å². The van der Waals surface area contributed by atoms with E-state index in [0.717, 1.165) is 12.8 Å². The molecule has 1 aliphatic heterocycles. The quantitative estimate of drug-likeness (QED) is 0.305. The summed E-state index contributed by atoms with van der Waals surface area (Å²) in [5.74, 6) is 0. The van der Waals surface area contributed by atoms with Gasteiger partial charge in [-0.15, -0.1) is 0 Å². The van der Waals surface area contributed by atoms with Gasteiger partial charge in [-0.3, -0.25) is 0 Å². The lowest BCUT2D eigenvalue weighted by molar-refractivity contribution is -0.304. The highest BCUT2D eigenvalue weighted by atomic mass is 16.7. The van der Waals surface area contributed by atoms with Gasteiger partial charge in [0.05, 0.1) is 19.3 Å². The van der Waals surface area contributed by atoms with Gasteiger partial charge in [-0.05, 0) is 6.42 Å². The van der Waals surface area contributed by atoms with E-state index in [4.69, 9.17) is 14.6 Å². The maximum atomic E-state index is 9.96. The molecule has 0 amide bonds.